The molecule has 0 aliphatic heterocycles. The highest BCUT2D eigenvalue weighted by Crippen LogP contribution is 2.17. The van der Waals surface area contributed by atoms with E-state index in [1.54, 1.807) is 42.9 Å². The number of hydrogen-bond donors (Lipinski definition) is 0. The maximum atomic E-state index is 12.2. The molecule has 1 aromatic carbocycles. The maximum Gasteiger partial charge on any atom is 0.328 e. The summed E-state index contributed by atoms with van der Waals surface area (Å²) >= 11 is 0. The van der Waals surface area contributed by atoms with Crippen molar-refractivity contribution in [3.8, 4) is 0 Å². The molecule has 0 amide bonds. The molecule has 0 unspecified atom stereocenters. The van der Waals surface area contributed by atoms with Crippen molar-refractivity contribution in [1.29, 1.82) is 0 Å². The van der Waals surface area contributed by atoms with Crippen LogP contribution in [0, 0.1) is 0 Å². The Morgan fingerprint density at radius 3 is 2.47 bits per heavy atom. The minimum absolute atomic E-state index is 0.108. The van der Waals surface area contributed by atoms with Gasteiger partial charge in [-0.3, -0.25) is 13.9 Å². The topological polar surface area (TPSA) is 57.1 Å². The minimum atomic E-state index is -0.119. The molecule has 5 nitrogen and oxygen atoms in total. The number of furan rings is 1. The van der Waals surface area contributed by atoms with Gasteiger partial charge < -0.3 is 4.42 Å². The van der Waals surface area contributed by atoms with Crippen molar-refractivity contribution in [3.05, 3.63) is 58.4 Å². The van der Waals surface area contributed by atoms with Crippen molar-refractivity contribution in [1.82, 2.24) is 9.13 Å². The largest absolute Gasteiger partial charge is 0.472 e. The Kier molecular flexibility index (Phi) is 2.41. The Bertz CT molecular complexity index is 822. The fraction of sp³-hybridized carbons (Fsp3) is 0.143. The zero-order valence-electron chi connectivity index (χ0n) is 10.6. The zero-order chi connectivity index (χ0) is 13.6. The number of ketones is 1. The molecule has 3 aromatic rings. The molecule has 2 aromatic heterocycles. The van der Waals surface area contributed by atoms with E-state index in [4.69, 9.17) is 4.42 Å². The van der Waals surface area contributed by atoms with Gasteiger partial charge >= 0.3 is 5.69 Å². The molecule has 0 fully saturated rings. The molecule has 3 rings (SSSR count). The Labute approximate surface area is 108 Å². The van der Waals surface area contributed by atoms with Crippen molar-refractivity contribution in [2.24, 2.45) is 14.1 Å². The van der Waals surface area contributed by atoms with E-state index in [9.17, 15) is 9.59 Å². The number of hydrogen-bond acceptors (Lipinski definition) is 3. The average molecular weight is 256 g/mol. The minimum Gasteiger partial charge on any atom is -0.472 e. The summed E-state index contributed by atoms with van der Waals surface area (Å²) in [7, 11) is 3.40. The standard InChI is InChI=1S/C14H12N2O3/c1-15-11-4-3-9(7-12(11)16(2)14(15)18)13(17)10-5-6-19-8-10/h3-8H,1-2H3. The van der Waals surface area contributed by atoms with E-state index in [0.29, 0.717) is 11.1 Å². The van der Waals surface area contributed by atoms with Crippen molar-refractivity contribution in [2.45, 2.75) is 0 Å². The zero-order valence-corrected chi connectivity index (χ0v) is 10.6. The monoisotopic (exact) mass is 256 g/mol. The summed E-state index contributed by atoms with van der Waals surface area (Å²) in [4.78, 5) is 24.0. The Morgan fingerprint density at radius 2 is 1.79 bits per heavy atom. The van der Waals surface area contributed by atoms with E-state index in [1.165, 1.54) is 17.1 Å². The Balaban J connectivity index is 2.20. The number of carbonyl (C=O) groups is 1. The first-order valence-corrected chi connectivity index (χ1v) is 5.82. The molecule has 0 saturated heterocycles. The summed E-state index contributed by atoms with van der Waals surface area (Å²) in [5.74, 6) is -0.119. The fourth-order valence-corrected chi connectivity index (χ4v) is 2.21. The molecular formula is C14H12N2O3. The van der Waals surface area contributed by atoms with Crippen LogP contribution in [0.2, 0.25) is 0 Å². The van der Waals surface area contributed by atoms with Crippen LogP contribution in [0.15, 0.2) is 46.0 Å². The third-order valence-corrected chi connectivity index (χ3v) is 3.32. The predicted octanol–water partition coefficient (Wildman–Crippen LogP) is 1.70. The third-order valence-electron chi connectivity index (χ3n) is 3.32. The fourth-order valence-electron chi connectivity index (χ4n) is 2.21. The summed E-state index contributed by atoms with van der Waals surface area (Å²) < 4.78 is 8.00. The Morgan fingerprint density at radius 1 is 1.05 bits per heavy atom. The highest BCUT2D eigenvalue weighted by molar-refractivity contribution is 6.10. The first-order chi connectivity index (χ1) is 9.09. The number of nitrogens with zero attached hydrogens (tertiary/aromatic N) is 2. The van der Waals surface area contributed by atoms with Crippen LogP contribution in [0.1, 0.15) is 15.9 Å². The van der Waals surface area contributed by atoms with E-state index in [1.807, 2.05) is 0 Å². The van der Waals surface area contributed by atoms with Gasteiger partial charge in [-0.1, -0.05) is 0 Å². The molecule has 0 aliphatic rings. The molecular weight excluding hydrogens is 244 g/mol. The van der Waals surface area contributed by atoms with Gasteiger partial charge in [0, 0.05) is 19.7 Å². The summed E-state index contributed by atoms with van der Waals surface area (Å²) in [5.41, 5.74) is 2.47. The SMILES string of the molecule is Cn1c(=O)n(C)c2cc(C(=O)c3ccoc3)ccc21. The molecule has 0 saturated carbocycles. The number of carbonyl (C=O) groups excluding carboxylic acids is 1. The second kappa shape index (κ2) is 3.98. The van der Waals surface area contributed by atoms with Gasteiger partial charge in [-0.2, -0.15) is 0 Å². The summed E-state index contributed by atoms with van der Waals surface area (Å²) in [6.45, 7) is 0. The van der Waals surface area contributed by atoms with Crippen LogP contribution in [-0.4, -0.2) is 14.9 Å². The van der Waals surface area contributed by atoms with Gasteiger partial charge in [-0.05, 0) is 24.3 Å². The van der Waals surface area contributed by atoms with Crippen molar-refractivity contribution >= 4 is 16.8 Å². The van der Waals surface area contributed by atoms with Crippen molar-refractivity contribution < 1.29 is 9.21 Å². The molecule has 0 bridgehead atoms. The lowest BCUT2D eigenvalue weighted by molar-refractivity contribution is 0.103. The van der Waals surface area contributed by atoms with E-state index in [-0.39, 0.29) is 11.5 Å². The highest BCUT2D eigenvalue weighted by atomic mass is 16.3. The molecule has 0 spiro atoms. The van der Waals surface area contributed by atoms with Crippen LogP contribution in [0.5, 0.6) is 0 Å². The lowest BCUT2D eigenvalue weighted by atomic mass is 10.1. The van der Waals surface area contributed by atoms with E-state index in [2.05, 4.69) is 0 Å². The Hall–Kier alpha value is -2.56. The van der Waals surface area contributed by atoms with Crippen LogP contribution >= 0.6 is 0 Å². The predicted molar refractivity (Wildman–Crippen MR) is 70.3 cm³/mol. The lowest BCUT2D eigenvalue weighted by Gasteiger charge is -2.00. The molecule has 5 heteroatoms. The first kappa shape index (κ1) is 11.5. The number of benzene rings is 1. The quantitative estimate of drug-likeness (QED) is 0.656. The van der Waals surface area contributed by atoms with Gasteiger partial charge in [0.25, 0.3) is 0 Å². The van der Waals surface area contributed by atoms with Crippen LogP contribution < -0.4 is 5.69 Å². The molecule has 96 valence electrons. The van der Waals surface area contributed by atoms with Gasteiger partial charge in [-0.25, -0.2) is 4.79 Å². The van der Waals surface area contributed by atoms with Gasteiger partial charge in [0.15, 0.2) is 5.78 Å². The number of aromatic nitrogens is 2. The number of rotatable bonds is 2. The van der Waals surface area contributed by atoms with E-state index >= 15 is 0 Å². The van der Waals surface area contributed by atoms with Gasteiger partial charge in [0.2, 0.25) is 0 Å². The second-order valence-electron chi connectivity index (χ2n) is 4.45. The van der Waals surface area contributed by atoms with E-state index < -0.39 is 0 Å². The van der Waals surface area contributed by atoms with Crippen molar-refractivity contribution in [3.63, 3.8) is 0 Å². The van der Waals surface area contributed by atoms with E-state index in [0.717, 1.165) is 11.0 Å². The summed E-state index contributed by atoms with van der Waals surface area (Å²) in [6, 6.07) is 6.85. The molecule has 0 aliphatic carbocycles. The van der Waals surface area contributed by atoms with Crippen LogP contribution in [0.4, 0.5) is 0 Å². The smallest absolute Gasteiger partial charge is 0.328 e. The molecule has 0 radical (unpaired) electrons. The van der Waals surface area contributed by atoms with Crippen LogP contribution in [-0.2, 0) is 14.1 Å². The molecule has 19 heavy (non-hydrogen) atoms. The second-order valence-corrected chi connectivity index (χ2v) is 4.45. The van der Waals surface area contributed by atoms with Crippen LogP contribution in [0.25, 0.3) is 11.0 Å². The molecule has 0 N–H and O–H groups in total. The van der Waals surface area contributed by atoms with Crippen LogP contribution in [0.3, 0.4) is 0 Å². The summed E-state index contributed by atoms with van der Waals surface area (Å²) in [5, 5.41) is 0. The number of fused-ring (bicyclic) bond motifs is 1. The lowest BCUT2D eigenvalue weighted by Crippen LogP contribution is -2.19. The van der Waals surface area contributed by atoms with Gasteiger partial charge in [0.05, 0.1) is 22.9 Å². The highest BCUT2D eigenvalue weighted by Gasteiger charge is 2.14. The maximum absolute atomic E-state index is 12.2. The first-order valence-electron chi connectivity index (χ1n) is 5.82. The molecule has 0 atom stereocenters. The summed E-state index contributed by atoms with van der Waals surface area (Å²) in [6.07, 6.45) is 2.88. The number of aryl methyl sites for hydroxylation is 2. The van der Waals surface area contributed by atoms with Gasteiger partial charge in [0.1, 0.15) is 6.26 Å². The normalized spacial score (nSPS) is 11.1. The van der Waals surface area contributed by atoms with Crippen molar-refractivity contribution in [2.75, 3.05) is 0 Å². The average Bonchev–Trinajstić information content (AvgIpc) is 3.03. The number of imidazole rings is 1. The van der Waals surface area contributed by atoms with Gasteiger partial charge in [-0.15, -0.1) is 0 Å². The third kappa shape index (κ3) is 1.62. The molecule has 2 heterocycles.